The van der Waals surface area contributed by atoms with Crippen LogP contribution in [0.25, 0.3) is 0 Å². The van der Waals surface area contributed by atoms with Gasteiger partial charge in [0, 0.05) is 7.05 Å². The van der Waals surface area contributed by atoms with Crippen molar-refractivity contribution in [3.8, 4) is 5.75 Å². The molecule has 5 heteroatoms. The maximum Gasteiger partial charge on any atom is 0.119 e. The first-order valence-corrected chi connectivity index (χ1v) is 6.35. The van der Waals surface area contributed by atoms with Crippen molar-refractivity contribution in [2.75, 3.05) is 6.61 Å². The van der Waals surface area contributed by atoms with Crippen LogP contribution >= 0.6 is 0 Å². The first-order chi connectivity index (χ1) is 9.15. The second-order valence-corrected chi connectivity index (χ2v) is 4.44. The maximum absolute atomic E-state index is 5.71. The third kappa shape index (κ3) is 2.94. The van der Waals surface area contributed by atoms with Crippen molar-refractivity contribution in [1.29, 1.82) is 0 Å². The summed E-state index contributed by atoms with van der Waals surface area (Å²) in [6, 6.07) is 9.85. The van der Waals surface area contributed by atoms with Crippen LogP contribution in [0.4, 0.5) is 0 Å². The molecular weight excluding hydrogens is 240 g/mol. The molecule has 0 saturated heterocycles. The Morgan fingerprint density at radius 1 is 1.42 bits per heavy atom. The fourth-order valence-corrected chi connectivity index (χ4v) is 2.20. The Kier molecular flexibility index (Phi) is 4.19. The lowest BCUT2D eigenvalue weighted by Gasteiger charge is -2.17. The lowest BCUT2D eigenvalue weighted by atomic mass is 10.0. The molecule has 5 nitrogen and oxygen atoms in total. The van der Waals surface area contributed by atoms with E-state index < -0.39 is 0 Å². The van der Waals surface area contributed by atoms with Crippen molar-refractivity contribution < 1.29 is 4.74 Å². The fraction of sp³-hybridized carbons (Fsp3) is 0.357. The van der Waals surface area contributed by atoms with Gasteiger partial charge < -0.3 is 4.74 Å². The third-order valence-electron chi connectivity index (χ3n) is 3.00. The third-order valence-corrected chi connectivity index (χ3v) is 3.00. The number of nitrogens with two attached hydrogens (primary N) is 1. The van der Waals surface area contributed by atoms with Crippen LogP contribution in [-0.4, -0.2) is 16.4 Å². The number of ether oxygens (including phenoxy) is 1. The molecule has 0 aliphatic heterocycles. The van der Waals surface area contributed by atoms with E-state index in [1.165, 1.54) is 0 Å². The largest absolute Gasteiger partial charge is 0.494 e. The molecule has 1 unspecified atom stereocenters. The number of hydrogen-bond acceptors (Lipinski definition) is 4. The van der Waals surface area contributed by atoms with Gasteiger partial charge in [0.2, 0.25) is 0 Å². The highest BCUT2D eigenvalue weighted by Crippen LogP contribution is 2.24. The fourth-order valence-electron chi connectivity index (χ4n) is 2.20. The van der Waals surface area contributed by atoms with E-state index in [0.29, 0.717) is 6.61 Å². The van der Waals surface area contributed by atoms with Crippen molar-refractivity contribution >= 4 is 0 Å². The van der Waals surface area contributed by atoms with Crippen molar-refractivity contribution in [1.82, 2.24) is 15.2 Å². The first kappa shape index (κ1) is 13.6. The minimum absolute atomic E-state index is 0.105. The zero-order valence-electron chi connectivity index (χ0n) is 11.6. The Hall–Kier alpha value is -1.85. The van der Waals surface area contributed by atoms with E-state index in [4.69, 9.17) is 10.6 Å². The number of benzene rings is 1. The maximum atomic E-state index is 5.71. The summed E-state index contributed by atoms with van der Waals surface area (Å²) in [5, 5.41) is 4.35. The molecule has 1 aromatic heterocycles. The number of aryl methyl sites for hydroxylation is 2. The van der Waals surface area contributed by atoms with Crippen LogP contribution in [0.5, 0.6) is 5.75 Å². The molecule has 0 fully saturated rings. The molecule has 3 N–H and O–H groups in total. The van der Waals surface area contributed by atoms with Gasteiger partial charge in [-0.2, -0.15) is 5.10 Å². The Bertz CT molecular complexity index is 550. The normalized spacial score (nSPS) is 12.4. The number of nitrogens with zero attached hydrogens (tertiary/aromatic N) is 2. The van der Waals surface area contributed by atoms with Gasteiger partial charge >= 0.3 is 0 Å². The van der Waals surface area contributed by atoms with Gasteiger partial charge in [-0.3, -0.25) is 10.5 Å². The predicted octanol–water partition coefficient (Wildman–Crippen LogP) is 1.68. The highest BCUT2D eigenvalue weighted by molar-refractivity contribution is 5.35. The lowest BCUT2D eigenvalue weighted by molar-refractivity contribution is 0.339. The average Bonchev–Trinajstić information content (AvgIpc) is 2.71. The van der Waals surface area contributed by atoms with Crippen molar-refractivity contribution in [3.05, 3.63) is 47.3 Å². The smallest absolute Gasteiger partial charge is 0.119 e. The van der Waals surface area contributed by atoms with Gasteiger partial charge in [-0.1, -0.05) is 12.1 Å². The average molecular weight is 260 g/mol. The van der Waals surface area contributed by atoms with Crippen LogP contribution in [0, 0.1) is 6.92 Å². The Morgan fingerprint density at radius 2 is 2.21 bits per heavy atom. The summed E-state index contributed by atoms with van der Waals surface area (Å²) >= 11 is 0. The van der Waals surface area contributed by atoms with Crippen LogP contribution in [0.1, 0.15) is 29.9 Å². The van der Waals surface area contributed by atoms with E-state index >= 15 is 0 Å². The molecule has 19 heavy (non-hydrogen) atoms. The summed E-state index contributed by atoms with van der Waals surface area (Å²) in [6.45, 7) is 4.58. The molecular formula is C14H20N4O. The number of hydrogen-bond donors (Lipinski definition) is 2. The van der Waals surface area contributed by atoms with E-state index in [1.54, 1.807) is 0 Å². The van der Waals surface area contributed by atoms with Gasteiger partial charge in [0.25, 0.3) is 0 Å². The molecule has 0 spiro atoms. The zero-order valence-corrected chi connectivity index (χ0v) is 11.6. The molecule has 102 valence electrons. The number of rotatable bonds is 5. The van der Waals surface area contributed by atoms with Crippen LogP contribution in [0.15, 0.2) is 30.3 Å². The van der Waals surface area contributed by atoms with Crippen LogP contribution < -0.4 is 16.0 Å². The summed E-state index contributed by atoms with van der Waals surface area (Å²) in [6.07, 6.45) is 0. The van der Waals surface area contributed by atoms with E-state index in [1.807, 2.05) is 55.9 Å². The van der Waals surface area contributed by atoms with E-state index in [0.717, 1.165) is 22.7 Å². The Morgan fingerprint density at radius 3 is 2.79 bits per heavy atom. The summed E-state index contributed by atoms with van der Waals surface area (Å²) in [5.74, 6) is 6.55. The summed E-state index contributed by atoms with van der Waals surface area (Å²) in [7, 11) is 1.92. The molecule has 1 atom stereocenters. The predicted molar refractivity (Wildman–Crippen MR) is 74.7 cm³/mol. The number of aromatic nitrogens is 2. The van der Waals surface area contributed by atoms with Crippen LogP contribution in [0.2, 0.25) is 0 Å². The Balaban J connectivity index is 2.36. The molecule has 0 bridgehead atoms. The summed E-state index contributed by atoms with van der Waals surface area (Å²) in [5.41, 5.74) is 5.89. The topological polar surface area (TPSA) is 65.1 Å². The molecule has 0 radical (unpaired) electrons. The summed E-state index contributed by atoms with van der Waals surface area (Å²) in [4.78, 5) is 0. The van der Waals surface area contributed by atoms with Gasteiger partial charge in [0.15, 0.2) is 0 Å². The van der Waals surface area contributed by atoms with Crippen molar-refractivity contribution in [2.45, 2.75) is 19.9 Å². The summed E-state index contributed by atoms with van der Waals surface area (Å²) < 4.78 is 7.36. The minimum atomic E-state index is -0.105. The lowest BCUT2D eigenvalue weighted by Crippen LogP contribution is -2.30. The standard InChI is InChI=1S/C14H20N4O/c1-4-19-12-7-5-6-11(9-12)14(16-15)13-8-10(2)17-18(13)3/h5-9,14,16H,4,15H2,1-3H3. The first-order valence-electron chi connectivity index (χ1n) is 6.35. The quantitative estimate of drug-likeness (QED) is 0.634. The minimum Gasteiger partial charge on any atom is -0.494 e. The van der Waals surface area contributed by atoms with Gasteiger partial charge in [-0.15, -0.1) is 0 Å². The monoisotopic (exact) mass is 260 g/mol. The molecule has 0 aliphatic rings. The van der Waals surface area contributed by atoms with Gasteiger partial charge in [-0.05, 0) is 37.6 Å². The second kappa shape index (κ2) is 5.86. The Labute approximate surface area is 113 Å². The molecule has 0 saturated carbocycles. The molecule has 0 aliphatic carbocycles. The van der Waals surface area contributed by atoms with E-state index in [-0.39, 0.29) is 6.04 Å². The van der Waals surface area contributed by atoms with Crippen molar-refractivity contribution in [3.63, 3.8) is 0 Å². The molecule has 0 amide bonds. The van der Waals surface area contributed by atoms with Crippen LogP contribution in [0.3, 0.4) is 0 Å². The van der Waals surface area contributed by atoms with Crippen LogP contribution in [-0.2, 0) is 7.05 Å². The highest BCUT2D eigenvalue weighted by atomic mass is 16.5. The second-order valence-electron chi connectivity index (χ2n) is 4.44. The van der Waals surface area contributed by atoms with E-state index in [2.05, 4.69) is 10.5 Å². The number of nitrogens with one attached hydrogen (secondary N) is 1. The van der Waals surface area contributed by atoms with Gasteiger partial charge in [0.1, 0.15) is 5.75 Å². The zero-order chi connectivity index (χ0) is 13.8. The van der Waals surface area contributed by atoms with Crippen molar-refractivity contribution in [2.24, 2.45) is 12.9 Å². The van der Waals surface area contributed by atoms with Gasteiger partial charge in [-0.25, -0.2) is 5.43 Å². The SMILES string of the molecule is CCOc1cccc(C(NN)c2cc(C)nn2C)c1. The highest BCUT2D eigenvalue weighted by Gasteiger charge is 2.17. The molecule has 2 rings (SSSR count). The molecule has 1 heterocycles. The van der Waals surface area contributed by atoms with Gasteiger partial charge in [0.05, 0.1) is 24.0 Å². The molecule has 1 aromatic carbocycles. The van der Waals surface area contributed by atoms with E-state index in [9.17, 15) is 0 Å². The number of hydrazine groups is 1. The molecule has 2 aromatic rings.